The second kappa shape index (κ2) is 10.3. The highest BCUT2D eigenvalue weighted by atomic mass is 79.9. The van der Waals surface area contributed by atoms with Crippen molar-refractivity contribution in [3.05, 3.63) is 59.5 Å². The summed E-state index contributed by atoms with van der Waals surface area (Å²) in [6, 6.07) is 12.3. The lowest BCUT2D eigenvalue weighted by Crippen LogP contribution is -2.46. The number of carbonyl (C=O) groups is 1. The van der Waals surface area contributed by atoms with Gasteiger partial charge in [0.15, 0.2) is 0 Å². The molecule has 2 aromatic carbocycles. The summed E-state index contributed by atoms with van der Waals surface area (Å²) in [5.41, 5.74) is 2.19. The summed E-state index contributed by atoms with van der Waals surface area (Å²) in [6.07, 6.45) is 4.72. The summed E-state index contributed by atoms with van der Waals surface area (Å²) in [6.45, 7) is 1.64. The van der Waals surface area contributed by atoms with Crippen LogP contribution in [0.4, 0.5) is 10.5 Å². The average molecular weight is 564 g/mol. The van der Waals surface area contributed by atoms with Crippen LogP contribution in [0.5, 0.6) is 11.5 Å². The summed E-state index contributed by atoms with van der Waals surface area (Å²) < 4.78 is 34.8. The average Bonchev–Trinajstić information content (AvgIpc) is 3.33. The highest BCUT2D eigenvalue weighted by molar-refractivity contribution is 9.10. The molecule has 186 valence electrons. The minimum absolute atomic E-state index is 0.0677. The molecule has 3 aromatic rings. The van der Waals surface area contributed by atoms with Crippen molar-refractivity contribution in [1.29, 1.82) is 0 Å². The number of rotatable bonds is 6. The van der Waals surface area contributed by atoms with Gasteiger partial charge >= 0.3 is 16.3 Å². The lowest BCUT2D eigenvalue weighted by atomic mass is 10.0. The number of methoxy groups -OCH3 is 1. The molecule has 12 heteroatoms. The molecule has 1 amide bonds. The molecular weight excluding hydrogens is 538 g/mol. The molecule has 1 aliphatic heterocycles. The maximum absolute atomic E-state index is 13.1. The van der Waals surface area contributed by atoms with Gasteiger partial charge in [-0.15, -0.1) is 0 Å². The number of carbonyl (C=O) groups excluding carboxylic acids is 1. The summed E-state index contributed by atoms with van der Waals surface area (Å²) in [5.74, 6) is 0.854. The number of nitrogens with two attached hydrogens (primary N) is 1. The predicted molar refractivity (Wildman–Crippen MR) is 136 cm³/mol. The number of ether oxygens (including phenoxy) is 1. The fourth-order valence-electron chi connectivity index (χ4n) is 4.11. The lowest BCUT2D eigenvalue weighted by Gasteiger charge is -2.37. The first-order valence-corrected chi connectivity index (χ1v) is 13.1. The van der Waals surface area contributed by atoms with Gasteiger partial charge in [0.05, 0.1) is 17.3 Å². The van der Waals surface area contributed by atoms with Gasteiger partial charge in [-0.2, -0.15) is 13.6 Å². The Labute approximate surface area is 212 Å². The minimum Gasteiger partial charge on any atom is -0.495 e. The van der Waals surface area contributed by atoms with Crippen molar-refractivity contribution in [1.82, 2.24) is 14.5 Å². The zero-order valence-corrected chi connectivity index (χ0v) is 21.7. The molecule has 4 rings (SSSR count). The van der Waals surface area contributed by atoms with Crippen LogP contribution in [0.15, 0.2) is 59.5 Å². The van der Waals surface area contributed by atoms with Crippen molar-refractivity contribution >= 4 is 38.0 Å². The first kappa shape index (κ1) is 25.0. The van der Waals surface area contributed by atoms with Gasteiger partial charge in [0, 0.05) is 49.7 Å². The van der Waals surface area contributed by atoms with E-state index in [1.807, 2.05) is 12.1 Å². The van der Waals surface area contributed by atoms with Gasteiger partial charge in [0.1, 0.15) is 17.8 Å². The van der Waals surface area contributed by atoms with E-state index in [0.717, 1.165) is 41.8 Å². The molecule has 10 nitrogen and oxygen atoms in total. The Morgan fingerprint density at radius 2 is 1.94 bits per heavy atom. The van der Waals surface area contributed by atoms with Crippen molar-refractivity contribution in [2.45, 2.75) is 18.9 Å². The van der Waals surface area contributed by atoms with E-state index in [4.69, 9.17) is 14.1 Å². The number of hydrogen-bond acceptors (Lipinski definition) is 7. The smallest absolute Gasteiger partial charge is 0.380 e. The van der Waals surface area contributed by atoms with Gasteiger partial charge in [-0.1, -0.05) is 12.1 Å². The number of imidazole rings is 1. The molecule has 0 unspecified atom stereocenters. The fourth-order valence-corrected chi connectivity index (χ4v) is 4.89. The quantitative estimate of drug-likeness (QED) is 0.487. The number of piperidine rings is 1. The van der Waals surface area contributed by atoms with E-state index in [-0.39, 0.29) is 17.8 Å². The maximum atomic E-state index is 13.1. The van der Waals surface area contributed by atoms with Crippen LogP contribution in [-0.4, -0.2) is 62.2 Å². The van der Waals surface area contributed by atoms with Crippen molar-refractivity contribution in [3.63, 3.8) is 0 Å². The van der Waals surface area contributed by atoms with Gasteiger partial charge in [-0.3, -0.25) is 4.57 Å². The number of amides is 1. The SMILES string of the molecule is COc1cc(N2CCC(N(C)C(=O)n3cnc(-c4cccc(OS(N)(=O)=O)c4)c3)CC2)ccc1Br. The summed E-state index contributed by atoms with van der Waals surface area (Å²) in [7, 11) is -0.690. The van der Waals surface area contributed by atoms with E-state index in [1.54, 1.807) is 37.4 Å². The van der Waals surface area contributed by atoms with Crippen LogP contribution in [-0.2, 0) is 10.3 Å². The van der Waals surface area contributed by atoms with E-state index in [0.29, 0.717) is 11.3 Å². The normalized spacial score (nSPS) is 14.6. The predicted octanol–water partition coefficient (Wildman–Crippen LogP) is 3.47. The third kappa shape index (κ3) is 5.95. The Bertz CT molecular complexity index is 1320. The van der Waals surface area contributed by atoms with Crippen LogP contribution in [0.1, 0.15) is 12.8 Å². The van der Waals surface area contributed by atoms with Gasteiger partial charge in [-0.25, -0.2) is 9.78 Å². The molecule has 0 spiro atoms. The minimum atomic E-state index is -4.13. The zero-order valence-electron chi connectivity index (χ0n) is 19.3. The fraction of sp³-hybridized carbons (Fsp3) is 0.304. The molecular formula is C23H26BrN5O5S. The lowest BCUT2D eigenvalue weighted by molar-refractivity contribution is 0.181. The molecule has 1 aromatic heterocycles. The van der Waals surface area contributed by atoms with Crippen molar-refractivity contribution < 1.29 is 22.1 Å². The van der Waals surface area contributed by atoms with Crippen LogP contribution >= 0.6 is 15.9 Å². The Hall–Kier alpha value is -3.09. The topological polar surface area (TPSA) is 120 Å². The molecule has 0 bridgehead atoms. The van der Waals surface area contributed by atoms with Crippen molar-refractivity contribution in [3.8, 4) is 22.8 Å². The van der Waals surface area contributed by atoms with Gasteiger partial charge in [-0.05, 0) is 53.0 Å². The highest BCUT2D eigenvalue weighted by Crippen LogP contribution is 2.31. The summed E-state index contributed by atoms with van der Waals surface area (Å²) in [5, 5.41) is 4.93. The Balaban J connectivity index is 1.40. The number of nitrogens with zero attached hydrogens (tertiary/aromatic N) is 4. The zero-order chi connectivity index (χ0) is 25.2. The van der Waals surface area contributed by atoms with Crippen LogP contribution < -0.4 is 19.0 Å². The molecule has 0 aliphatic carbocycles. The van der Waals surface area contributed by atoms with Crippen molar-refractivity contribution in [2.75, 3.05) is 32.1 Å². The standard InChI is InChI=1S/C23H26BrN5O5S/c1-27(17-8-10-28(11-9-17)18-6-7-20(24)22(13-18)33-2)23(30)29-14-21(26-15-29)16-4-3-5-19(12-16)34-35(25,31)32/h3-7,12-15,17H,8-11H2,1-2H3,(H2,25,31,32). The van der Waals surface area contributed by atoms with Crippen LogP contribution in [0.25, 0.3) is 11.3 Å². The number of anilines is 1. The molecule has 2 heterocycles. The highest BCUT2D eigenvalue weighted by Gasteiger charge is 2.27. The molecule has 1 saturated heterocycles. The van der Waals surface area contributed by atoms with Crippen LogP contribution in [0, 0.1) is 0 Å². The Morgan fingerprint density at radius 1 is 1.20 bits per heavy atom. The summed E-state index contributed by atoms with van der Waals surface area (Å²) in [4.78, 5) is 21.4. The number of halogens is 1. The Kier molecular flexibility index (Phi) is 7.33. The number of benzene rings is 2. The monoisotopic (exact) mass is 563 g/mol. The van der Waals surface area contributed by atoms with E-state index in [2.05, 4.69) is 31.9 Å². The molecule has 0 atom stereocenters. The second-order valence-electron chi connectivity index (χ2n) is 8.20. The van der Waals surface area contributed by atoms with Crippen molar-refractivity contribution in [2.24, 2.45) is 5.14 Å². The van der Waals surface area contributed by atoms with Crippen LogP contribution in [0.2, 0.25) is 0 Å². The van der Waals surface area contributed by atoms with Gasteiger partial charge < -0.3 is 18.7 Å². The third-order valence-electron chi connectivity index (χ3n) is 5.96. The van der Waals surface area contributed by atoms with E-state index < -0.39 is 10.3 Å². The summed E-state index contributed by atoms with van der Waals surface area (Å²) >= 11 is 3.48. The first-order valence-electron chi connectivity index (χ1n) is 10.9. The molecule has 35 heavy (non-hydrogen) atoms. The van der Waals surface area contributed by atoms with Gasteiger partial charge in [0.25, 0.3) is 0 Å². The molecule has 2 N–H and O–H groups in total. The molecule has 1 aliphatic rings. The second-order valence-corrected chi connectivity index (χ2v) is 10.2. The number of aromatic nitrogens is 2. The Morgan fingerprint density at radius 3 is 2.63 bits per heavy atom. The molecule has 0 saturated carbocycles. The molecule has 1 fully saturated rings. The number of hydrogen-bond donors (Lipinski definition) is 1. The van der Waals surface area contributed by atoms with E-state index >= 15 is 0 Å². The van der Waals surface area contributed by atoms with E-state index in [9.17, 15) is 13.2 Å². The first-order chi connectivity index (χ1) is 16.6. The van der Waals surface area contributed by atoms with Gasteiger partial charge in [0.2, 0.25) is 0 Å². The maximum Gasteiger partial charge on any atom is 0.380 e. The van der Waals surface area contributed by atoms with Crippen LogP contribution in [0.3, 0.4) is 0 Å². The third-order valence-corrected chi connectivity index (χ3v) is 7.04. The van der Waals surface area contributed by atoms with E-state index in [1.165, 1.54) is 23.0 Å². The largest absolute Gasteiger partial charge is 0.495 e. The molecule has 0 radical (unpaired) electrons.